The smallest absolute Gasteiger partial charge is 0.0693 e. The molecule has 1 aliphatic carbocycles. The van der Waals surface area contributed by atoms with Gasteiger partial charge in [-0.05, 0) is 33.1 Å². The Kier molecular flexibility index (Phi) is 5.90. The first-order chi connectivity index (χ1) is 8.06. The highest BCUT2D eigenvalue weighted by molar-refractivity contribution is 4.94. The van der Waals surface area contributed by atoms with Gasteiger partial charge in [0.25, 0.3) is 0 Å². The fourth-order valence-electron chi connectivity index (χ4n) is 3.09. The molecule has 0 aromatic rings. The maximum absolute atomic E-state index is 10.1. The Balaban J connectivity index is 2.81. The van der Waals surface area contributed by atoms with Crippen molar-refractivity contribution in [2.45, 2.75) is 77.0 Å². The van der Waals surface area contributed by atoms with E-state index in [4.69, 9.17) is 0 Å². The lowest BCUT2D eigenvalue weighted by Gasteiger charge is -2.48. The molecule has 0 aliphatic heterocycles. The summed E-state index contributed by atoms with van der Waals surface area (Å²) in [5.74, 6) is 0. The molecule has 0 radical (unpaired) electrons. The first-order valence-electron chi connectivity index (χ1n) is 7.12. The molecule has 0 aromatic heterocycles. The second-order valence-corrected chi connectivity index (χ2v) is 5.60. The standard InChI is InChI=1S/C14H29NO2/c1-4-14(3,12(2)17)15(10-11-16)13-8-6-5-7-9-13/h12-13,16-17H,4-11H2,1-3H3. The molecule has 1 fully saturated rings. The van der Waals surface area contributed by atoms with E-state index in [1.54, 1.807) is 0 Å². The van der Waals surface area contributed by atoms with Crippen LogP contribution in [0.1, 0.15) is 59.3 Å². The molecule has 0 heterocycles. The van der Waals surface area contributed by atoms with Crippen LogP contribution in [0, 0.1) is 0 Å². The number of rotatable bonds is 6. The SMILES string of the molecule is CCC(C)(C(C)O)N(CCO)C1CCCCC1. The first kappa shape index (κ1) is 14.9. The molecule has 3 heteroatoms. The molecule has 0 aromatic carbocycles. The Labute approximate surface area is 106 Å². The number of nitrogens with zero attached hydrogens (tertiary/aromatic N) is 1. The zero-order chi connectivity index (χ0) is 12.9. The van der Waals surface area contributed by atoms with Crippen LogP contribution in [-0.2, 0) is 0 Å². The van der Waals surface area contributed by atoms with Gasteiger partial charge in [0.2, 0.25) is 0 Å². The highest BCUT2D eigenvalue weighted by atomic mass is 16.3. The van der Waals surface area contributed by atoms with Gasteiger partial charge in [-0.2, -0.15) is 0 Å². The molecule has 0 spiro atoms. The summed E-state index contributed by atoms with van der Waals surface area (Å²) in [6.45, 7) is 6.98. The second kappa shape index (κ2) is 6.72. The van der Waals surface area contributed by atoms with Crippen LogP contribution in [0.4, 0.5) is 0 Å². The molecule has 0 saturated heterocycles. The van der Waals surface area contributed by atoms with E-state index >= 15 is 0 Å². The Morgan fingerprint density at radius 1 is 1.29 bits per heavy atom. The summed E-state index contributed by atoms with van der Waals surface area (Å²) in [5.41, 5.74) is -0.204. The molecule has 102 valence electrons. The van der Waals surface area contributed by atoms with Gasteiger partial charge in [-0.1, -0.05) is 26.2 Å². The molecule has 0 amide bonds. The van der Waals surface area contributed by atoms with Crippen LogP contribution in [0.5, 0.6) is 0 Å². The van der Waals surface area contributed by atoms with Gasteiger partial charge in [0, 0.05) is 18.1 Å². The predicted octanol–water partition coefficient (Wildman–Crippen LogP) is 2.16. The molecular formula is C14H29NO2. The van der Waals surface area contributed by atoms with Gasteiger partial charge < -0.3 is 10.2 Å². The number of β-amino-alcohol motifs (C(OH)–C–C–N with tert-alkyl or cyclic N) is 1. The van der Waals surface area contributed by atoms with Crippen molar-refractivity contribution < 1.29 is 10.2 Å². The molecule has 0 bridgehead atoms. The Morgan fingerprint density at radius 3 is 2.29 bits per heavy atom. The average molecular weight is 243 g/mol. The minimum absolute atomic E-state index is 0.179. The zero-order valence-corrected chi connectivity index (χ0v) is 11.7. The highest BCUT2D eigenvalue weighted by Gasteiger charge is 2.38. The van der Waals surface area contributed by atoms with Crippen LogP contribution in [0.3, 0.4) is 0 Å². The van der Waals surface area contributed by atoms with Crippen LogP contribution in [0.2, 0.25) is 0 Å². The topological polar surface area (TPSA) is 43.7 Å². The summed E-state index contributed by atoms with van der Waals surface area (Å²) in [4.78, 5) is 2.36. The third-order valence-corrected chi connectivity index (χ3v) is 4.63. The number of aliphatic hydroxyl groups excluding tert-OH is 2. The van der Waals surface area contributed by atoms with E-state index in [1.807, 2.05) is 6.92 Å². The highest BCUT2D eigenvalue weighted by Crippen LogP contribution is 2.32. The number of hydrogen-bond acceptors (Lipinski definition) is 3. The average Bonchev–Trinajstić information content (AvgIpc) is 2.36. The number of hydrogen-bond donors (Lipinski definition) is 2. The molecule has 17 heavy (non-hydrogen) atoms. The van der Waals surface area contributed by atoms with Crippen LogP contribution >= 0.6 is 0 Å². The molecule has 1 saturated carbocycles. The van der Waals surface area contributed by atoms with Gasteiger partial charge >= 0.3 is 0 Å². The van der Waals surface area contributed by atoms with Crippen molar-refractivity contribution in [3.63, 3.8) is 0 Å². The lowest BCUT2D eigenvalue weighted by atomic mass is 9.85. The Morgan fingerprint density at radius 2 is 1.88 bits per heavy atom. The third kappa shape index (κ3) is 3.43. The second-order valence-electron chi connectivity index (χ2n) is 5.60. The van der Waals surface area contributed by atoms with Crippen molar-refractivity contribution >= 4 is 0 Å². The summed E-state index contributed by atoms with van der Waals surface area (Å²) >= 11 is 0. The molecule has 1 rings (SSSR count). The van der Waals surface area contributed by atoms with E-state index in [9.17, 15) is 10.2 Å². The van der Waals surface area contributed by atoms with Gasteiger partial charge in [0.15, 0.2) is 0 Å². The van der Waals surface area contributed by atoms with Gasteiger partial charge in [-0.15, -0.1) is 0 Å². The maximum atomic E-state index is 10.1. The van der Waals surface area contributed by atoms with Crippen LogP contribution in [0.15, 0.2) is 0 Å². The lowest BCUT2D eigenvalue weighted by Crippen LogP contribution is -2.58. The quantitative estimate of drug-likeness (QED) is 0.751. The molecule has 2 N–H and O–H groups in total. The molecule has 2 atom stereocenters. The van der Waals surface area contributed by atoms with Crippen molar-refractivity contribution in [1.82, 2.24) is 4.90 Å². The van der Waals surface area contributed by atoms with Crippen molar-refractivity contribution in [3.8, 4) is 0 Å². The van der Waals surface area contributed by atoms with Crippen molar-refractivity contribution in [1.29, 1.82) is 0 Å². The van der Waals surface area contributed by atoms with Crippen molar-refractivity contribution in [2.75, 3.05) is 13.2 Å². The Bertz CT molecular complexity index is 214. The van der Waals surface area contributed by atoms with Crippen molar-refractivity contribution in [3.05, 3.63) is 0 Å². The van der Waals surface area contributed by atoms with E-state index in [-0.39, 0.29) is 18.2 Å². The summed E-state index contributed by atoms with van der Waals surface area (Å²) in [5, 5.41) is 19.4. The fourth-order valence-corrected chi connectivity index (χ4v) is 3.09. The summed E-state index contributed by atoms with van der Waals surface area (Å²) in [6, 6.07) is 0.537. The minimum atomic E-state index is -0.360. The molecule has 1 aliphatic rings. The van der Waals surface area contributed by atoms with Crippen molar-refractivity contribution in [2.24, 2.45) is 0 Å². The van der Waals surface area contributed by atoms with Crippen LogP contribution in [-0.4, -0.2) is 45.9 Å². The minimum Gasteiger partial charge on any atom is -0.395 e. The van der Waals surface area contributed by atoms with Gasteiger partial charge in [-0.25, -0.2) is 0 Å². The first-order valence-corrected chi connectivity index (χ1v) is 7.12. The van der Waals surface area contributed by atoms with E-state index in [0.29, 0.717) is 12.6 Å². The van der Waals surface area contributed by atoms with E-state index < -0.39 is 0 Å². The molecule has 3 nitrogen and oxygen atoms in total. The van der Waals surface area contributed by atoms with Gasteiger partial charge in [0.05, 0.1) is 12.7 Å². The predicted molar refractivity (Wildman–Crippen MR) is 71.0 cm³/mol. The summed E-state index contributed by atoms with van der Waals surface area (Å²) < 4.78 is 0. The van der Waals surface area contributed by atoms with Crippen LogP contribution < -0.4 is 0 Å². The van der Waals surface area contributed by atoms with E-state index in [2.05, 4.69) is 18.7 Å². The van der Waals surface area contributed by atoms with E-state index in [1.165, 1.54) is 32.1 Å². The fraction of sp³-hybridized carbons (Fsp3) is 1.00. The van der Waals surface area contributed by atoms with Gasteiger partial charge in [0.1, 0.15) is 0 Å². The summed E-state index contributed by atoms with van der Waals surface area (Å²) in [7, 11) is 0. The Hall–Kier alpha value is -0.120. The van der Waals surface area contributed by atoms with Gasteiger partial charge in [-0.3, -0.25) is 4.90 Å². The normalized spacial score (nSPS) is 23.6. The largest absolute Gasteiger partial charge is 0.395 e. The maximum Gasteiger partial charge on any atom is 0.0693 e. The van der Waals surface area contributed by atoms with E-state index in [0.717, 1.165) is 6.42 Å². The lowest BCUT2D eigenvalue weighted by molar-refractivity contribution is -0.0533. The summed E-state index contributed by atoms with van der Waals surface area (Å²) in [6.07, 6.45) is 6.88. The monoisotopic (exact) mass is 243 g/mol. The number of aliphatic hydroxyl groups is 2. The zero-order valence-electron chi connectivity index (χ0n) is 11.7. The molecular weight excluding hydrogens is 214 g/mol. The van der Waals surface area contributed by atoms with Crippen LogP contribution in [0.25, 0.3) is 0 Å². The molecule has 2 unspecified atom stereocenters. The third-order valence-electron chi connectivity index (χ3n) is 4.63.